The van der Waals surface area contributed by atoms with E-state index < -0.39 is 0 Å². The number of methoxy groups -OCH3 is 2. The molecule has 9 nitrogen and oxygen atoms in total. The number of nitriles is 1. The number of benzene rings is 2. The molecule has 5 rings (SSSR count). The summed E-state index contributed by atoms with van der Waals surface area (Å²) >= 11 is 0. The zero-order valence-corrected chi connectivity index (χ0v) is 17.6. The van der Waals surface area contributed by atoms with Gasteiger partial charge < -0.3 is 19.1 Å². The van der Waals surface area contributed by atoms with Gasteiger partial charge in [0, 0.05) is 30.6 Å². The number of hydrogen-bond acceptors (Lipinski definition) is 9. The zero-order valence-electron chi connectivity index (χ0n) is 17.6. The van der Waals surface area contributed by atoms with E-state index in [0.29, 0.717) is 41.0 Å². The van der Waals surface area contributed by atoms with E-state index in [4.69, 9.17) is 24.5 Å². The van der Waals surface area contributed by atoms with Crippen LogP contribution in [0.25, 0.3) is 21.9 Å². The van der Waals surface area contributed by atoms with Crippen LogP contribution in [0.4, 0.5) is 5.95 Å². The maximum absolute atomic E-state index is 9.10. The third-order valence-corrected chi connectivity index (χ3v) is 5.44. The topological polar surface area (TPSA) is 106 Å². The van der Waals surface area contributed by atoms with E-state index in [1.54, 1.807) is 44.8 Å². The van der Waals surface area contributed by atoms with Gasteiger partial charge in [0.05, 0.1) is 55.1 Å². The Labute approximate surface area is 184 Å². The number of fused-ring (bicyclic) bond motifs is 2. The first kappa shape index (κ1) is 19.8. The first-order valence-corrected chi connectivity index (χ1v) is 10.1. The second kappa shape index (κ2) is 8.15. The van der Waals surface area contributed by atoms with Crippen molar-refractivity contribution in [2.75, 3.05) is 32.2 Å². The predicted octanol–water partition coefficient (Wildman–Crippen LogP) is 3.12. The molecule has 0 amide bonds. The Hall–Kier alpha value is -4.19. The lowest BCUT2D eigenvalue weighted by molar-refractivity contribution is 0.215. The van der Waals surface area contributed by atoms with Crippen molar-refractivity contribution in [2.45, 2.75) is 12.5 Å². The van der Waals surface area contributed by atoms with Crippen molar-refractivity contribution < 1.29 is 14.2 Å². The summed E-state index contributed by atoms with van der Waals surface area (Å²) in [4.78, 5) is 20.2. The largest absolute Gasteiger partial charge is 0.493 e. The minimum absolute atomic E-state index is 0.0643. The molecule has 32 heavy (non-hydrogen) atoms. The molecule has 0 saturated carbocycles. The Bertz CT molecular complexity index is 1350. The number of hydrogen-bond donors (Lipinski definition) is 0. The van der Waals surface area contributed by atoms with Crippen molar-refractivity contribution >= 4 is 27.9 Å². The number of ether oxygens (including phenoxy) is 3. The second-order valence-corrected chi connectivity index (χ2v) is 7.43. The quantitative estimate of drug-likeness (QED) is 0.474. The average molecular weight is 428 g/mol. The predicted molar refractivity (Wildman–Crippen MR) is 118 cm³/mol. The summed E-state index contributed by atoms with van der Waals surface area (Å²) in [5.41, 5.74) is 2.68. The van der Waals surface area contributed by atoms with Gasteiger partial charge in [-0.05, 0) is 24.3 Å². The fourth-order valence-corrected chi connectivity index (χ4v) is 3.80. The zero-order chi connectivity index (χ0) is 22.1. The van der Waals surface area contributed by atoms with E-state index in [-0.39, 0.29) is 6.10 Å². The molecule has 0 radical (unpaired) electrons. The van der Waals surface area contributed by atoms with Crippen LogP contribution in [0.3, 0.4) is 0 Å². The van der Waals surface area contributed by atoms with Crippen LogP contribution in [-0.2, 0) is 0 Å². The van der Waals surface area contributed by atoms with Crippen LogP contribution in [0.5, 0.6) is 17.4 Å². The van der Waals surface area contributed by atoms with Crippen molar-refractivity contribution in [2.24, 2.45) is 0 Å². The molecule has 0 bridgehead atoms. The lowest BCUT2D eigenvalue weighted by Gasteiger charge is -2.17. The highest BCUT2D eigenvalue weighted by Gasteiger charge is 2.26. The standard InChI is InChI=1S/C23H20N6O3/c1-30-20-8-15-11-26-23(28-18(15)9-21(20)31-2)29-6-5-16(13-29)32-22-12-25-17-4-3-14(10-24)7-19(17)27-22/h3-4,7-9,11-12,16H,5-6,13H2,1-2H3. The number of nitrogens with zero attached hydrogens (tertiary/aromatic N) is 6. The number of aromatic nitrogens is 4. The van der Waals surface area contributed by atoms with Crippen molar-refractivity contribution in [3.05, 3.63) is 48.3 Å². The molecule has 1 atom stereocenters. The molecule has 1 unspecified atom stereocenters. The van der Waals surface area contributed by atoms with Gasteiger partial charge in [-0.25, -0.2) is 19.9 Å². The molecule has 1 aliphatic rings. The van der Waals surface area contributed by atoms with Crippen LogP contribution in [-0.4, -0.2) is 53.3 Å². The summed E-state index contributed by atoms with van der Waals surface area (Å²) in [6.45, 7) is 1.40. The van der Waals surface area contributed by atoms with Gasteiger partial charge in [0.15, 0.2) is 11.5 Å². The minimum Gasteiger partial charge on any atom is -0.493 e. The molecule has 0 aliphatic carbocycles. The molecular weight excluding hydrogens is 408 g/mol. The van der Waals surface area contributed by atoms with E-state index in [1.807, 2.05) is 12.1 Å². The molecule has 1 saturated heterocycles. The second-order valence-electron chi connectivity index (χ2n) is 7.43. The Balaban J connectivity index is 1.33. The van der Waals surface area contributed by atoms with Gasteiger partial charge in [-0.1, -0.05) is 0 Å². The van der Waals surface area contributed by atoms with Gasteiger partial charge in [0.25, 0.3) is 0 Å². The van der Waals surface area contributed by atoms with E-state index in [1.165, 1.54) is 0 Å². The van der Waals surface area contributed by atoms with Crippen LogP contribution < -0.4 is 19.1 Å². The van der Waals surface area contributed by atoms with Gasteiger partial charge in [-0.15, -0.1) is 0 Å². The van der Waals surface area contributed by atoms with Crippen LogP contribution in [0.15, 0.2) is 42.7 Å². The molecule has 1 aliphatic heterocycles. The van der Waals surface area contributed by atoms with Crippen molar-refractivity contribution in [1.29, 1.82) is 5.26 Å². The normalized spacial score (nSPS) is 15.7. The highest BCUT2D eigenvalue weighted by molar-refractivity contribution is 5.83. The van der Waals surface area contributed by atoms with Gasteiger partial charge in [0.2, 0.25) is 11.8 Å². The van der Waals surface area contributed by atoms with E-state index >= 15 is 0 Å². The minimum atomic E-state index is -0.0643. The monoisotopic (exact) mass is 428 g/mol. The lowest BCUT2D eigenvalue weighted by atomic mass is 10.2. The fourth-order valence-electron chi connectivity index (χ4n) is 3.80. The molecule has 1 fully saturated rings. The number of rotatable bonds is 5. The Morgan fingerprint density at radius 2 is 1.81 bits per heavy atom. The molecule has 9 heteroatoms. The molecule has 160 valence electrons. The van der Waals surface area contributed by atoms with Gasteiger partial charge >= 0.3 is 0 Å². The molecule has 0 N–H and O–H groups in total. The first-order valence-electron chi connectivity index (χ1n) is 10.1. The van der Waals surface area contributed by atoms with Gasteiger partial charge in [-0.2, -0.15) is 5.26 Å². The molecule has 4 aromatic rings. The van der Waals surface area contributed by atoms with E-state index in [2.05, 4.69) is 25.9 Å². The molecule has 2 aromatic carbocycles. The fraction of sp³-hybridized carbons (Fsp3) is 0.261. The van der Waals surface area contributed by atoms with Crippen LogP contribution in [0.1, 0.15) is 12.0 Å². The number of anilines is 1. The van der Waals surface area contributed by atoms with Crippen molar-refractivity contribution in [1.82, 2.24) is 19.9 Å². The molecule has 3 heterocycles. The Morgan fingerprint density at radius 3 is 2.62 bits per heavy atom. The summed E-state index contributed by atoms with van der Waals surface area (Å²) in [7, 11) is 3.21. The summed E-state index contributed by atoms with van der Waals surface area (Å²) in [5, 5.41) is 9.97. The van der Waals surface area contributed by atoms with Crippen LogP contribution >= 0.6 is 0 Å². The summed E-state index contributed by atoms with van der Waals surface area (Å²) < 4.78 is 16.8. The Kier molecular flexibility index (Phi) is 5.03. The highest BCUT2D eigenvalue weighted by atomic mass is 16.5. The van der Waals surface area contributed by atoms with Crippen LogP contribution in [0.2, 0.25) is 0 Å². The summed E-state index contributed by atoms with van der Waals surface area (Å²) in [5.74, 6) is 2.35. The summed E-state index contributed by atoms with van der Waals surface area (Å²) in [6, 6.07) is 11.0. The summed E-state index contributed by atoms with van der Waals surface area (Å²) in [6.07, 6.45) is 4.15. The van der Waals surface area contributed by atoms with Gasteiger partial charge in [-0.3, -0.25) is 0 Å². The molecule has 2 aromatic heterocycles. The van der Waals surface area contributed by atoms with Gasteiger partial charge in [0.1, 0.15) is 6.10 Å². The third kappa shape index (κ3) is 3.67. The first-order chi connectivity index (χ1) is 15.7. The van der Waals surface area contributed by atoms with E-state index in [0.717, 1.165) is 29.4 Å². The van der Waals surface area contributed by atoms with Crippen LogP contribution in [0, 0.1) is 11.3 Å². The highest BCUT2D eigenvalue weighted by Crippen LogP contribution is 2.32. The third-order valence-electron chi connectivity index (χ3n) is 5.44. The van der Waals surface area contributed by atoms with Crippen molar-refractivity contribution in [3.8, 4) is 23.4 Å². The maximum Gasteiger partial charge on any atom is 0.233 e. The average Bonchev–Trinajstić information content (AvgIpc) is 3.30. The maximum atomic E-state index is 9.10. The SMILES string of the molecule is COc1cc2cnc(N3CCC(Oc4cnc5ccc(C#N)cc5n4)C3)nc2cc1OC. The lowest BCUT2D eigenvalue weighted by Crippen LogP contribution is -2.26. The van der Waals surface area contributed by atoms with Crippen molar-refractivity contribution in [3.63, 3.8) is 0 Å². The van der Waals surface area contributed by atoms with E-state index in [9.17, 15) is 0 Å². The smallest absolute Gasteiger partial charge is 0.233 e. The molecular formula is C23H20N6O3. The Morgan fingerprint density at radius 1 is 0.969 bits per heavy atom. The molecule has 0 spiro atoms.